The second-order valence-electron chi connectivity index (χ2n) is 5.69. The fourth-order valence-electron chi connectivity index (χ4n) is 3.13. The van der Waals surface area contributed by atoms with E-state index in [4.69, 9.17) is 0 Å². The summed E-state index contributed by atoms with van der Waals surface area (Å²) in [6.07, 6.45) is 8.39. The Balaban J connectivity index is 1.77. The molecule has 2 rings (SSSR count). The maximum atomic E-state index is 12.2. The average molecular weight is 240 g/mol. The fourth-order valence-corrected chi connectivity index (χ4v) is 4.33. The number of hydrogen-bond donors (Lipinski definition) is 0. The molecule has 1 nitrogen and oxygen atoms in total. The van der Waals surface area contributed by atoms with Crippen LogP contribution in [0.3, 0.4) is 0 Å². The van der Waals surface area contributed by atoms with Crippen LogP contribution in [0, 0.1) is 17.8 Å². The molecule has 92 valence electrons. The Labute approximate surface area is 104 Å². The van der Waals surface area contributed by atoms with Gasteiger partial charge in [0.2, 0.25) is 0 Å². The van der Waals surface area contributed by atoms with Crippen molar-refractivity contribution in [3.63, 3.8) is 0 Å². The molecular formula is C14H24OS. The highest BCUT2D eigenvalue weighted by Crippen LogP contribution is 2.32. The second kappa shape index (κ2) is 6.09. The Morgan fingerprint density at radius 1 is 1.19 bits per heavy atom. The number of rotatable bonds is 3. The third kappa shape index (κ3) is 3.51. The van der Waals surface area contributed by atoms with Gasteiger partial charge in [-0.05, 0) is 49.0 Å². The molecule has 1 heterocycles. The van der Waals surface area contributed by atoms with E-state index < -0.39 is 0 Å². The van der Waals surface area contributed by atoms with Gasteiger partial charge in [0.25, 0.3) is 0 Å². The van der Waals surface area contributed by atoms with Gasteiger partial charge in [-0.2, -0.15) is 11.8 Å². The van der Waals surface area contributed by atoms with Gasteiger partial charge < -0.3 is 0 Å². The molecule has 0 spiro atoms. The molecule has 16 heavy (non-hydrogen) atoms. The summed E-state index contributed by atoms with van der Waals surface area (Å²) in [5.41, 5.74) is 0. The van der Waals surface area contributed by atoms with Crippen LogP contribution in [-0.2, 0) is 4.79 Å². The molecule has 2 atom stereocenters. The minimum Gasteiger partial charge on any atom is -0.299 e. The molecule has 0 radical (unpaired) electrons. The fraction of sp³-hybridized carbons (Fsp3) is 0.929. The van der Waals surface area contributed by atoms with Gasteiger partial charge in [-0.25, -0.2) is 0 Å². The Morgan fingerprint density at radius 3 is 2.62 bits per heavy atom. The molecule has 1 aliphatic carbocycles. The van der Waals surface area contributed by atoms with Crippen LogP contribution < -0.4 is 0 Å². The molecule has 1 saturated heterocycles. The predicted molar refractivity (Wildman–Crippen MR) is 70.8 cm³/mol. The van der Waals surface area contributed by atoms with Gasteiger partial charge in [0, 0.05) is 12.3 Å². The molecule has 2 fully saturated rings. The van der Waals surface area contributed by atoms with Crippen LogP contribution in [-0.4, -0.2) is 17.3 Å². The van der Waals surface area contributed by atoms with Gasteiger partial charge in [0.1, 0.15) is 5.78 Å². The SMILES string of the molecule is CC1CCCC(C(=O)CC2CCSCC2)C1. The summed E-state index contributed by atoms with van der Waals surface area (Å²) in [6.45, 7) is 2.30. The number of carbonyl (C=O) groups is 1. The summed E-state index contributed by atoms with van der Waals surface area (Å²) in [7, 11) is 0. The number of Topliss-reactive ketones (excluding diaryl/α,β-unsaturated/α-hetero) is 1. The van der Waals surface area contributed by atoms with Crippen molar-refractivity contribution >= 4 is 17.5 Å². The van der Waals surface area contributed by atoms with E-state index >= 15 is 0 Å². The molecule has 0 aromatic carbocycles. The van der Waals surface area contributed by atoms with Crippen molar-refractivity contribution in [2.24, 2.45) is 17.8 Å². The lowest BCUT2D eigenvalue weighted by Crippen LogP contribution is -2.24. The smallest absolute Gasteiger partial charge is 0.136 e. The second-order valence-corrected chi connectivity index (χ2v) is 6.92. The monoisotopic (exact) mass is 240 g/mol. The van der Waals surface area contributed by atoms with Crippen molar-refractivity contribution in [3.05, 3.63) is 0 Å². The average Bonchev–Trinajstić information content (AvgIpc) is 2.30. The Bertz CT molecular complexity index is 233. The molecule has 0 aromatic rings. The van der Waals surface area contributed by atoms with Crippen LogP contribution in [0.15, 0.2) is 0 Å². The zero-order valence-electron chi connectivity index (χ0n) is 10.4. The molecule has 0 bridgehead atoms. The zero-order valence-corrected chi connectivity index (χ0v) is 11.2. The van der Waals surface area contributed by atoms with Crippen molar-refractivity contribution in [1.29, 1.82) is 0 Å². The lowest BCUT2D eigenvalue weighted by atomic mass is 9.78. The number of hydrogen-bond acceptors (Lipinski definition) is 2. The molecule has 0 N–H and O–H groups in total. The van der Waals surface area contributed by atoms with Crippen LogP contribution in [0.25, 0.3) is 0 Å². The first-order valence-corrected chi connectivity index (χ1v) is 8.01. The van der Waals surface area contributed by atoms with Crippen molar-refractivity contribution < 1.29 is 4.79 Å². The van der Waals surface area contributed by atoms with Crippen molar-refractivity contribution in [2.75, 3.05) is 11.5 Å². The molecule has 2 aliphatic rings. The van der Waals surface area contributed by atoms with E-state index in [0.717, 1.165) is 12.3 Å². The summed E-state index contributed by atoms with van der Waals surface area (Å²) >= 11 is 2.05. The zero-order chi connectivity index (χ0) is 11.4. The quantitative estimate of drug-likeness (QED) is 0.744. The highest BCUT2D eigenvalue weighted by atomic mass is 32.2. The highest BCUT2D eigenvalue weighted by Gasteiger charge is 2.27. The molecule has 2 unspecified atom stereocenters. The summed E-state index contributed by atoms with van der Waals surface area (Å²) < 4.78 is 0. The Kier molecular flexibility index (Phi) is 4.75. The third-order valence-corrected chi connectivity index (χ3v) is 5.27. The van der Waals surface area contributed by atoms with E-state index in [-0.39, 0.29) is 0 Å². The van der Waals surface area contributed by atoms with E-state index in [1.165, 1.54) is 50.0 Å². The van der Waals surface area contributed by atoms with E-state index in [9.17, 15) is 4.79 Å². The highest BCUT2D eigenvalue weighted by molar-refractivity contribution is 7.99. The van der Waals surface area contributed by atoms with Crippen LogP contribution in [0.1, 0.15) is 51.9 Å². The third-order valence-electron chi connectivity index (χ3n) is 4.22. The van der Waals surface area contributed by atoms with Gasteiger partial charge in [-0.1, -0.05) is 19.8 Å². The number of carbonyl (C=O) groups excluding carboxylic acids is 1. The first-order valence-electron chi connectivity index (χ1n) is 6.86. The summed E-state index contributed by atoms with van der Waals surface area (Å²) in [4.78, 5) is 12.2. The van der Waals surface area contributed by atoms with Crippen molar-refractivity contribution in [2.45, 2.75) is 51.9 Å². The van der Waals surface area contributed by atoms with Crippen molar-refractivity contribution in [1.82, 2.24) is 0 Å². The van der Waals surface area contributed by atoms with E-state index in [0.29, 0.717) is 17.6 Å². The summed E-state index contributed by atoms with van der Waals surface area (Å²) in [5.74, 6) is 5.05. The van der Waals surface area contributed by atoms with Crippen LogP contribution in [0.2, 0.25) is 0 Å². The van der Waals surface area contributed by atoms with Gasteiger partial charge in [-0.15, -0.1) is 0 Å². The largest absolute Gasteiger partial charge is 0.299 e. The maximum Gasteiger partial charge on any atom is 0.136 e. The van der Waals surface area contributed by atoms with Gasteiger partial charge >= 0.3 is 0 Å². The predicted octanol–water partition coefficient (Wildman–Crippen LogP) is 3.92. The minimum atomic E-state index is 0.415. The minimum absolute atomic E-state index is 0.415. The first-order chi connectivity index (χ1) is 7.75. The van der Waals surface area contributed by atoms with Crippen LogP contribution in [0.4, 0.5) is 0 Å². The Hall–Kier alpha value is 0.0200. The number of thioether (sulfide) groups is 1. The lowest BCUT2D eigenvalue weighted by molar-refractivity contribution is -0.125. The first kappa shape index (κ1) is 12.5. The van der Waals surface area contributed by atoms with E-state index in [1.54, 1.807) is 0 Å². The lowest BCUT2D eigenvalue weighted by Gasteiger charge is -2.28. The Morgan fingerprint density at radius 2 is 1.94 bits per heavy atom. The van der Waals surface area contributed by atoms with Gasteiger partial charge in [0.15, 0.2) is 0 Å². The van der Waals surface area contributed by atoms with Gasteiger partial charge in [0.05, 0.1) is 0 Å². The standard InChI is InChI=1S/C14H24OS/c1-11-3-2-4-13(9-11)14(15)10-12-5-7-16-8-6-12/h11-13H,2-10H2,1H3. The van der Waals surface area contributed by atoms with E-state index in [1.807, 2.05) is 0 Å². The summed E-state index contributed by atoms with van der Waals surface area (Å²) in [6, 6.07) is 0. The van der Waals surface area contributed by atoms with E-state index in [2.05, 4.69) is 18.7 Å². The molecule has 1 aliphatic heterocycles. The summed E-state index contributed by atoms with van der Waals surface area (Å²) in [5, 5.41) is 0. The van der Waals surface area contributed by atoms with Crippen LogP contribution >= 0.6 is 11.8 Å². The van der Waals surface area contributed by atoms with Crippen molar-refractivity contribution in [3.8, 4) is 0 Å². The molecule has 0 amide bonds. The normalized spacial score (nSPS) is 32.6. The van der Waals surface area contributed by atoms with Gasteiger partial charge in [-0.3, -0.25) is 4.79 Å². The molecular weight excluding hydrogens is 216 g/mol. The topological polar surface area (TPSA) is 17.1 Å². The molecule has 2 heteroatoms. The molecule has 1 saturated carbocycles. The molecule has 0 aromatic heterocycles. The number of ketones is 1. The maximum absolute atomic E-state index is 12.2. The van der Waals surface area contributed by atoms with Crippen LogP contribution in [0.5, 0.6) is 0 Å².